The predicted molar refractivity (Wildman–Crippen MR) is 82.9 cm³/mol. The van der Waals surface area contributed by atoms with Crippen molar-refractivity contribution in [2.24, 2.45) is 5.41 Å². The molecule has 0 bridgehead atoms. The summed E-state index contributed by atoms with van der Waals surface area (Å²) in [6.45, 7) is 5.78. The van der Waals surface area contributed by atoms with E-state index in [1.165, 1.54) is 0 Å². The summed E-state index contributed by atoms with van der Waals surface area (Å²) in [6.07, 6.45) is 6.85. The number of carbonyl (C=O) groups is 1. The summed E-state index contributed by atoms with van der Waals surface area (Å²) in [5, 5.41) is 3.12. The molecule has 0 atom stereocenters. The third-order valence-corrected chi connectivity index (χ3v) is 3.80. The SMILES string of the molecule is COc1nccnc1OC1CCC(NC(=O)C(C)(C)C)CC1. The molecule has 1 fully saturated rings. The molecule has 1 heterocycles. The molecule has 122 valence electrons. The van der Waals surface area contributed by atoms with Crippen molar-refractivity contribution in [2.75, 3.05) is 7.11 Å². The zero-order valence-electron chi connectivity index (χ0n) is 13.8. The van der Waals surface area contributed by atoms with Gasteiger partial charge in [0, 0.05) is 23.9 Å². The molecular weight excluding hydrogens is 282 g/mol. The molecule has 0 unspecified atom stereocenters. The van der Waals surface area contributed by atoms with Gasteiger partial charge in [-0.25, -0.2) is 9.97 Å². The summed E-state index contributed by atoms with van der Waals surface area (Å²) in [5.41, 5.74) is -0.347. The van der Waals surface area contributed by atoms with Crippen LogP contribution >= 0.6 is 0 Å². The van der Waals surface area contributed by atoms with Crippen LogP contribution in [0.5, 0.6) is 11.8 Å². The number of amides is 1. The van der Waals surface area contributed by atoms with Gasteiger partial charge in [0.2, 0.25) is 5.91 Å². The van der Waals surface area contributed by atoms with E-state index in [1.54, 1.807) is 19.5 Å². The number of nitrogens with zero attached hydrogens (tertiary/aromatic N) is 2. The second-order valence-electron chi connectivity index (χ2n) is 6.69. The van der Waals surface area contributed by atoms with Crippen molar-refractivity contribution in [3.05, 3.63) is 12.4 Å². The number of carbonyl (C=O) groups excluding carboxylic acids is 1. The second-order valence-corrected chi connectivity index (χ2v) is 6.69. The lowest BCUT2D eigenvalue weighted by molar-refractivity contribution is -0.129. The molecule has 0 aliphatic heterocycles. The number of aromatic nitrogens is 2. The van der Waals surface area contributed by atoms with E-state index in [-0.39, 0.29) is 23.5 Å². The Morgan fingerprint density at radius 2 is 1.73 bits per heavy atom. The third-order valence-electron chi connectivity index (χ3n) is 3.80. The molecule has 1 amide bonds. The summed E-state index contributed by atoms with van der Waals surface area (Å²) < 4.78 is 11.0. The normalized spacial score (nSPS) is 22.0. The van der Waals surface area contributed by atoms with E-state index >= 15 is 0 Å². The summed E-state index contributed by atoms with van der Waals surface area (Å²) in [5.74, 6) is 0.949. The van der Waals surface area contributed by atoms with Crippen molar-refractivity contribution in [1.29, 1.82) is 0 Å². The lowest BCUT2D eigenvalue weighted by Crippen LogP contribution is -2.44. The van der Waals surface area contributed by atoms with E-state index in [2.05, 4.69) is 15.3 Å². The van der Waals surface area contributed by atoms with Crippen LogP contribution in [0.4, 0.5) is 0 Å². The van der Waals surface area contributed by atoms with Crippen molar-refractivity contribution in [2.45, 2.75) is 58.6 Å². The Kier molecular flexibility index (Phi) is 5.21. The highest BCUT2D eigenvalue weighted by Crippen LogP contribution is 2.27. The topological polar surface area (TPSA) is 73.3 Å². The molecule has 0 aromatic carbocycles. The number of methoxy groups -OCH3 is 1. The fraction of sp³-hybridized carbons (Fsp3) is 0.688. The molecule has 1 N–H and O–H groups in total. The highest BCUT2D eigenvalue weighted by molar-refractivity contribution is 5.81. The second kappa shape index (κ2) is 6.94. The Labute approximate surface area is 131 Å². The van der Waals surface area contributed by atoms with Crippen LogP contribution in [0.3, 0.4) is 0 Å². The number of rotatable bonds is 4. The molecule has 1 saturated carbocycles. The van der Waals surface area contributed by atoms with E-state index in [0.29, 0.717) is 11.8 Å². The van der Waals surface area contributed by atoms with Gasteiger partial charge in [-0.15, -0.1) is 0 Å². The maximum atomic E-state index is 12.0. The van der Waals surface area contributed by atoms with Crippen LogP contribution in [0.2, 0.25) is 0 Å². The Morgan fingerprint density at radius 3 is 2.27 bits per heavy atom. The van der Waals surface area contributed by atoms with Crippen LogP contribution in [0.1, 0.15) is 46.5 Å². The summed E-state index contributed by atoms with van der Waals surface area (Å²) in [7, 11) is 1.55. The standard InChI is InChI=1S/C16H25N3O3/c1-16(2,3)15(20)19-11-5-7-12(8-6-11)22-14-13(21-4)17-9-10-18-14/h9-12H,5-8H2,1-4H3,(H,19,20). The number of nitrogens with one attached hydrogen (secondary N) is 1. The van der Waals surface area contributed by atoms with Crippen LogP contribution in [-0.4, -0.2) is 35.1 Å². The van der Waals surface area contributed by atoms with Crippen molar-refractivity contribution in [3.8, 4) is 11.8 Å². The number of hydrogen-bond acceptors (Lipinski definition) is 5. The predicted octanol–water partition coefficient (Wildman–Crippen LogP) is 2.34. The molecule has 1 aliphatic carbocycles. The average Bonchev–Trinajstić information content (AvgIpc) is 2.49. The molecule has 1 aliphatic rings. The lowest BCUT2D eigenvalue weighted by atomic mass is 9.90. The Bertz CT molecular complexity index is 506. The molecule has 1 aromatic heterocycles. The van der Waals surface area contributed by atoms with E-state index in [9.17, 15) is 4.79 Å². The first-order valence-corrected chi connectivity index (χ1v) is 7.72. The van der Waals surface area contributed by atoms with Gasteiger partial charge in [0.25, 0.3) is 11.8 Å². The maximum absolute atomic E-state index is 12.0. The molecule has 6 heteroatoms. The van der Waals surface area contributed by atoms with Gasteiger partial charge in [-0.05, 0) is 25.7 Å². The van der Waals surface area contributed by atoms with E-state index in [1.807, 2.05) is 20.8 Å². The van der Waals surface area contributed by atoms with Gasteiger partial charge in [0.1, 0.15) is 6.10 Å². The van der Waals surface area contributed by atoms with Crippen LogP contribution in [-0.2, 0) is 4.79 Å². The Hall–Kier alpha value is -1.85. The van der Waals surface area contributed by atoms with Gasteiger partial charge >= 0.3 is 0 Å². The molecule has 2 rings (SSSR count). The van der Waals surface area contributed by atoms with Gasteiger partial charge in [0.05, 0.1) is 7.11 Å². The van der Waals surface area contributed by atoms with Gasteiger partial charge in [-0.1, -0.05) is 20.8 Å². The highest BCUT2D eigenvalue weighted by atomic mass is 16.5. The summed E-state index contributed by atoms with van der Waals surface area (Å²) >= 11 is 0. The molecule has 0 saturated heterocycles. The highest BCUT2D eigenvalue weighted by Gasteiger charge is 2.28. The van der Waals surface area contributed by atoms with Crippen molar-refractivity contribution in [1.82, 2.24) is 15.3 Å². The van der Waals surface area contributed by atoms with Crippen LogP contribution in [0, 0.1) is 5.41 Å². The van der Waals surface area contributed by atoms with Crippen molar-refractivity contribution >= 4 is 5.91 Å². The van der Waals surface area contributed by atoms with Gasteiger partial charge < -0.3 is 14.8 Å². The maximum Gasteiger partial charge on any atom is 0.278 e. The largest absolute Gasteiger partial charge is 0.477 e. The Balaban J connectivity index is 1.84. The smallest absolute Gasteiger partial charge is 0.278 e. The fourth-order valence-electron chi connectivity index (χ4n) is 2.42. The van der Waals surface area contributed by atoms with Crippen LogP contribution < -0.4 is 14.8 Å². The minimum Gasteiger partial charge on any atom is -0.477 e. The van der Waals surface area contributed by atoms with Gasteiger partial charge in [-0.2, -0.15) is 0 Å². The summed E-state index contributed by atoms with van der Waals surface area (Å²) in [6, 6.07) is 0.232. The quantitative estimate of drug-likeness (QED) is 0.924. The molecule has 22 heavy (non-hydrogen) atoms. The zero-order valence-corrected chi connectivity index (χ0v) is 13.8. The molecule has 0 spiro atoms. The number of hydrogen-bond donors (Lipinski definition) is 1. The fourth-order valence-corrected chi connectivity index (χ4v) is 2.42. The van der Waals surface area contributed by atoms with Crippen LogP contribution in [0.15, 0.2) is 12.4 Å². The zero-order chi connectivity index (χ0) is 16.2. The van der Waals surface area contributed by atoms with Crippen molar-refractivity contribution < 1.29 is 14.3 Å². The average molecular weight is 307 g/mol. The van der Waals surface area contributed by atoms with E-state index in [4.69, 9.17) is 9.47 Å². The first-order valence-electron chi connectivity index (χ1n) is 7.72. The summed E-state index contributed by atoms with van der Waals surface area (Å²) in [4.78, 5) is 20.3. The minimum absolute atomic E-state index is 0.0911. The first kappa shape index (κ1) is 16.5. The van der Waals surface area contributed by atoms with E-state index < -0.39 is 0 Å². The Morgan fingerprint density at radius 1 is 1.14 bits per heavy atom. The lowest BCUT2D eigenvalue weighted by Gasteiger charge is -2.31. The molecular formula is C16H25N3O3. The van der Waals surface area contributed by atoms with Crippen molar-refractivity contribution in [3.63, 3.8) is 0 Å². The monoisotopic (exact) mass is 307 g/mol. The van der Waals surface area contributed by atoms with Crippen LogP contribution in [0.25, 0.3) is 0 Å². The molecule has 1 aromatic rings. The minimum atomic E-state index is -0.347. The van der Waals surface area contributed by atoms with Gasteiger partial charge in [-0.3, -0.25) is 4.79 Å². The van der Waals surface area contributed by atoms with Gasteiger partial charge in [0.15, 0.2) is 0 Å². The van der Waals surface area contributed by atoms with E-state index in [0.717, 1.165) is 25.7 Å². The third kappa shape index (κ3) is 4.32. The molecule has 6 nitrogen and oxygen atoms in total. The molecule has 0 radical (unpaired) electrons. The number of ether oxygens (including phenoxy) is 2. The first-order chi connectivity index (χ1) is 10.4.